The molecule has 0 fully saturated rings. The van der Waals surface area contributed by atoms with Crippen LogP contribution in [0, 0.1) is 5.92 Å². The van der Waals surface area contributed by atoms with E-state index in [0.29, 0.717) is 0 Å². The zero-order chi connectivity index (χ0) is 10.7. The molecule has 0 radical (unpaired) electrons. The lowest BCUT2D eigenvalue weighted by molar-refractivity contribution is -0.141. The van der Waals surface area contributed by atoms with E-state index in [1.165, 1.54) is 0 Å². The number of hydrogen-bond donors (Lipinski definition) is 1. The molecule has 0 saturated carbocycles. The van der Waals surface area contributed by atoms with Gasteiger partial charge in [-0.1, -0.05) is 33.1 Å². The van der Waals surface area contributed by atoms with Gasteiger partial charge >= 0.3 is 5.97 Å². The Kier molecular flexibility index (Phi) is 14.4. The molecular weight excluding hydrogens is 211 g/mol. The number of aliphatic carboxylic acids is 1. The smallest absolute Gasteiger partial charge is 0.306 e. The molecule has 0 saturated heterocycles. The van der Waals surface area contributed by atoms with E-state index in [0.717, 1.165) is 25.7 Å². The van der Waals surface area contributed by atoms with Crippen LogP contribution >= 0.6 is 23.2 Å². The molecule has 0 aliphatic heterocycles. The summed E-state index contributed by atoms with van der Waals surface area (Å²) in [5.41, 5.74) is 0. The van der Waals surface area contributed by atoms with E-state index < -0.39 is 5.97 Å². The van der Waals surface area contributed by atoms with Crippen LogP contribution in [0.2, 0.25) is 0 Å². The zero-order valence-corrected chi connectivity index (χ0v) is 9.74. The van der Waals surface area contributed by atoms with Gasteiger partial charge in [-0.05, 0) is 6.42 Å². The molecule has 80 valence electrons. The summed E-state index contributed by atoms with van der Waals surface area (Å²) in [6.07, 6.45) is 4.18. The molecule has 0 aromatic carbocycles. The minimum absolute atomic E-state index is 0.161. The van der Waals surface area contributed by atoms with Gasteiger partial charge in [-0.2, -0.15) is 0 Å². The number of carbonyl (C=O) groups is 1. The first-order valence-corrected chi connectivity index (χ1v) is 5.51. The van der Waals surface area contributed by atoms with Crippen molar-refractivity contribution >= 4 is 29.2 Å². The lowest BCUT2D eigenvalue weighted by atomic mass is 10.0. The van der Waals surface area contributed by atoms with Crippen molar-refractivity contribution in [2.75, 3.05) is 5.34 Å². The standard InChI is InChI=1S/C8H16O2.CH2Cl2/c1-3-4-5-6-7(2)8(9)10;2-1-3/h7H,3-6H2,1-2H3,(H,9,10);1H2. The van der Waals surface area contributed by atoms with Crippen LogP contribution < -0.4 is 0 Å². The van der Waals surface area contributed by atoms with E-state index in [9.17, 15) is 4.79 Å². The maximum atomic E-state index is 10.3. The van der Waals surface area contributed by atoms with Gasteiger partial charge in [-0.25, -0.2) is 0 Å². The Hall–Kier alpha value is 0.0500. The SMILES string of the molecule is CCCCCC(C)C(=O)O.ClCCl. The third-order valence-electron chi connectivity index (χ3n) is 1.66. The van der Waals surface area contributed by atoms with Crippen LogP contribution in [0.1, 0.15) is 39.5 Å². The third kappa shape index (κ3) is 14.9. The molecule has 0 spiro atoms. The Balaban J connectivity index is 0. The van der Waals surface area contributed by atoms with Crippen LogP contribution in [0.4, 0.5) is 0 Å². The number of carboxylic acid groups (broad SMARTS) is 1. The van der Waals surface area contributed by atoms with Crippen LogP contribution in [0.3, 0.4) is 0 Å². The monoisotopic (exact) mass is 228 g/mol. The first-order chi connectivity index (χ1) is 6.09. The largest absolute Gasteiger partial charge is 0.481 e. The van der Waals surface area contributed by atoms with E-state index in [1.807, 2.05) is 0 Å². The lowest BCUT2D eigenvalue weighted by Gasteiger charge is -2.03. The highest BCUT2D eigenvalue weighted by Crippen LogP contribution is 2.08. The van der Waals surface area contributed by atoms with Gasteiger partial charge in [0.2, 0.25) is 0 Å². The molecule has 0 amide bonds. The second-order valence-electron chi connectivity index (χ2n) is 2.84. The first kappa shape index (κ1) is 15.5. The van der Waals surface area contributed by atoms with Gasteiger partial charge in [0.05, 0.1) is 11.3 Å². The van der Waals surface area contributed by atoms with Gasteiger partial charge in [0, 0.05) is 0 Å². The predicted octanol–water partition coefficient (Wildman–Crippen LogP) is 3.71. The molecule has 0 aromatic heterocycles. The molecular formula is C9H18Cl2O2. The summed E-state index contributed by atoms with van der Waals surface area (Å²) in [4.78, 5) is 10.3. The molecule has 1 unspecified atom stereocenters. The Labute approximate surface area is 90.2 Å². The highest BCUT2D eigenvalue weighted by atomic mass is 35.5. The summed E-state index contributed by atoms with van der Waals surface area (Å²) >= 11 is 9.53. The summed E-state index contributed by atoms with van der Waals surface area (Å²) < 4.78 is 0. The molecule has 4 heteroatoms. The van der Waals surface area contributed by atoms with E-state index >= 15 is 0 Å². The van der Waals surface area contributed by atoms with Crippen LogP contribution in [0.5, 0.6) is 0 Å². The van der Waals surface area contributed by atoms with Crippen LogP contribution in [0.15, 0.2) is 0 Å². The van der Waals surface area contributed by atoms with Crippen molar-refractivity contribution in [3.05, 3.63) is 0 Å². The zero-order valence-electron chi connectivity index (χ0n) is 8.22. The third-order valence-corrected chi connectivity index (χ3v) is 1.66. The highest BCUT2D eigenvalue weighted by molar-refractivity contribution is 6.40. The Morgan fingerprint density at radius 3 is 2.15 bits per heavy atom. The number of unbranched alkanes of at least 4 members (excludes halogenated alkanes) is 2. The number of carboxylic acids is 1. The van der Waals surface area contributed by atoms with Gasteiger partial charge in [-0.15, -0.1) is 23.2 Å². The number of rotatable bonds is 5. The Bertz CT molecular complexity index is 118. The number of alkyl halides is 2. The van der Waals surface area contributed by atoms with Crippen molar-refractivity contribution in [3.8, 4) is 0 Å². The van der Waals surface area contributed by atoms with E-state index in [2.05, 4.69) is 6.92 Å². The fraction of sp³-hybridized carbons (Fsp3) is 0.889. The van der Waals surface area contributed by atoms with Crippen LogP contribution in [-0.2, 0) is 4.79 Å². The molecule has 0 aromatic rings. The van der Waals surface area contributed by atoms with E-state index in [1.54, 1.807) is 6.92 Å². The van der Waals surface area contributed by atoms with Gasteiger partial charge in [0.1, 0.15) is 0 Å². The van der Waals surface area contributed by atoms with Crippen molar-refractivity contribution in [2.45, 2.75) is 39.5 Å². The van der Waals surface area contributed by atoms with Gasteiger partial charge in [0.25, 0.3) is 0 Å². The molecule has 1 atom stereocenters. The average Bonchev–Trinajstić information content (AvgIpc) is 2.06. The maximum absolute atomic E-state index is 10.3. The Morgan fingerprint density at radius 2 is 1.85 bits per heavy atom. The van der Waals surface area contributed by atoms with Crippen molar-refractivity contribution in [3.63, 3.8) is 0 Å². The second-order valence-corrected chi connectivity index (χ2v) is 3.64. The molecule has 0 aliphatic rings. The maximum Gasteiger partial charge on any atom is 0.306 e. The summed E-state index contributed by atoms with van der Waals surface area (Å²) in [5, 5.41) is 8.68. The minimum atomic E-state index is -0.670. The highest BCUT2D eigenvalue weighted by Gasteiger charge is 2.08. The van der Waals surface area contributed by atoms with Gasteiger partial charge in [-0.3, -0.25) is 4.79 Å². The normalized spacial score (nSPS) is 11.4. The summed E-state index contributed by atoms with van der Waals surface area (Å²) in [6.45, 7) is 3.88. The van der Waals surface area contributed by atoms with Crippen molar-refractivity contribution in [1.29, 1.82) is 0 Å². The van der Waals surface area contributed by atoms with Crippen LogP contribution in [-0.4, -0.2) is 16.4 Å². The fourth-order valence-corrected chi connectivity index (χ4v) is 0.824. The van der Waals surface area contributed by atoms with E-state index in [-0.39, 0.29) is 11.3 Å². The lowest BCUT2D eigenvalue weighted by Crippen LogP contribution is -2.08. The molecule has 2 nitrogen and oxygen atoms in total. The molecule has 1 N–H and O–H groups in total. The molecule has 13 heavy (non-hydrogen) atoms. The van der Waals surface area contributed by atoms with Crippen molar-refractivity contribution in [1.82, 2.24) is 0 Å². The summed E-state index contributed by atoms with van der Waals surface area (Å²) in [5.74, 6) is -0.831. The number of hydrogen-bond acceptors (Lipinski definition) is 1. The van der Waals surface area contributed by atoms with Crippen molar-refractivity contribution < 1.29 is 9.90 Å². The van der Waals surface area contributed by atoms with E-state index in [4.69, 9.17) is 28.3 Å². The summed E-state index contributed by atoms with van der Waals surface area (Å²) in [7, 11) is 0. The van der Waals surface area contributed by atoms with Crippen LogP contribution in [0.25, 0.3) is 0 Å². The minimum Gasteiger partial charge on any atom is -0.481 e. The van der Waals surface area contributed by atoms with Gasteiger partial charge in [0.15, 0.2) is 0 Å². The predicted molar refractivity (Wildman–Crippen MR) is 57.5 cm³/mol. The Morgan fingerprint density at radius 1 is 1.38 bits per heavy atom. The van der Waals surface area contributed by atoms with Crippen molar-refractivity contribution in [2.24, 2.45) is 5.92 Å². The summed E-state index contributed by atoms with van der Waals surface area (Å²) in [6, 6.07) is 0. The molecule has 0 heterocycles. The first-order valence-electron chi connectivity index (χ1n) is 4.44. The molecule has 0 rings (SSSR count). The molecule has 0 bridgehead atoms. The fourth-order valence-electron chi connectivity index (χ4n) is 0.824. The topological polar surface area (TPSA) is 37.3 Å². The second kappa shape index (κ2) is 12.0. The average molecular weight is 229 g/mol. The van der Waals surface area contributed by atoms with Gasteiger partial charge < -0.3 is 5.11 Å². The number of halogens is 2. The molecule has 0 aliphatic carbocycles. The quantitative estimate of drug-likeness (QED) is 0.576.